The fraction of sp³-hybridized carbons (Fsp3) is 0.600. The van der Waals surface area contributed by atoms with Crippen LogP contribution in [0.3, 0.4) is 0 Å². The fourth-order valence-corrected chi connectivity index (χ4v) is 1.92. The fourth-order valence-electron chi connectivity index (χ4n) is 1.92. The average Bonchev–Trinajstić information content (AvgIpc) is 2.41. The third kappa shape index (κ3) is 1.78. The van der Waals surface area contributed by atoms with Crippen molar-refractivity contribution in [1.82, 2.24) is 4.90 Å². The predicted molar refractivity (Wildman–Crippen MR) is 53.2 cm³/mol. The van der Waals surface area contributed by atoms with Crippen LogP contribution in [0.4, 0.5) is 0 Å². The van der Waals surface area contributed by atoms with Crippen molar-refractivity contribution < 1.29 is 9.90 Å². The Bertz CT molecular complexity index is 296. The number of aliphatic carboxylic acids is 1. The second-order valence-electron chi connectivity index (χ2n) is 3.70. The Kier molecular flexibility index (Phi) is 2.52. The van der Waals surface area contributed by atoms with Crippen LogP contribution in [0.2, 0.25) is 0 Å². The predicted octanol–water partition coefficient (Wildman–Crippen LogP) is 1.24. The van der Waals surface area contributed by atoms with E-state index in [0.717, 1.165) is 19.4 Å². The lowest BCUT2D eigenvalue weighted by atomic mass is 10.2. The van der Waals surface area contributed by atoms with Crippen LogP contribution in [-0.2, 0) is 4.79 Å². The highest BCUT2D eigenvalue weighted by Crippen LogP contribution is 2.20. The zero-order chi connectivity index (χ0) is 9.97. The van der Waals surface area contributed by atoms with Crippen LogP contribution in [0.5, 0.6) is 0 Å². The number of rotatable bonds is 1. The monoisotopic (exact) mass is 194 g/mol. The van der Waals surface area contributed by atoms with Gasteiger partial charge in [0, 0.05) is 12.7 Å². The van der Waals surface area contributed by atoms with E-state index >= 15 is 0 Å². The van der Waals surface area contributed by atoms with Gasteiger partial charge >= 0.3 is 5.97 Å². The van der Waals surface area contributed by atoms with Gasteiger partial charge in [0.15, 0.2) is 0 Å². The minimum absolute atomic E-state index is 0.0635. The summed E-state index contributed by atoms with van der Waals surface area (Å²) in [5, 5.41) is 8.80. The molecule has 0 aromatic rings. The van der Waals surface area contributed by atoms with Gasteiger partial charge in [-0.15, -0.1) is 0 Å². The molecule has 2 aliphatic heterocycles. The van der Waals surface area contributed by atoms with E-state index in [9.17, 15) is 4.79 Å². The minimum atomic E-state index is -0.926. The zero-order valence-corrected chi connectivity index (χ0v) is 8.02. The molecule has 0 aromatic heterocycles. The molecule has 0 aromatic carbocycles. The van der Waals surface area contributed by atoms with Crippen molar-refractivity contribution in [2.24, 2.45) is 4.99 Å². The highest BCUT2D eigenvalue weighted by molar-refractivity contribution is 6.40. The number of nitrogens with zero attached hydrogens (tertiary/aromatic N) is 2. The van der Waals surface area contributed by atoms with Crippen LogP contribution in [0.25, 0.3) is 0 Å². The molecule has 2 heterocycles. The molecule has 1 unspecified atom stereocenters. The van der Waals surface area contributed by atoms with Gasteiger partial charge in [-0.05, 0) is 25.3 Å². The second kappa shape index (κ2) is 3.82. The molecule has 0 saturated carbocycles. The molecule has 4 nitrogen and oxygen atoms in total. The molecule has 14 heavy (non-hydrogen) atoms. The smallest absolute Gasteiger partial charge is 0.354 e. The number of hydrogen-bond acceptors (Lipinski definition) is 3. The van der Waals surface area contributed by atoms with E-state index in [0.29, 0.717) is 0 Å². The van der Waals surface area contributed by atoms with Gasteiger partial charge in [-0.3, -0.25) is 4.99 Å². The minimum Gasteiger partial charge on any atom is -0.477 e. The van der Waals surface area contributed by atoms with E-state index < -0.39 is 5.97 Å². The van der Waals surface area contributed by atoms with E-state index in [4.69, 9.17) is 5.11 Å². The molecule has 1 fully saturated rings. The van der Waals surface area contributed by atoms with Crippen LogP contribution in [0.1, 0.15) is 25.7 Å². The third-order valence-electron chi connectivity index (χ3n) is 2.69. The number of carboxylic acid groups (broad SMARTS) is 1. The molecule has 4 heteroatoms. The maximum Gasteiger partial charge on any atom is 0.354 e. The number of carbonyl (C=O) groups is 1. The van der Waals surface area contributed by atoms with Crippen LogP contribution in [0.15, 0.2) is 17.3 Å². The summed E-state index contributed by atoms with van der Waals surface area (Å²) in [6.07, 6.45) is 8.04. The lowest BCUT2D eigenvalue weighted by molar-refractivity contribution is -0.129. The van der Waals surface area contributed by atoms with Crippen LogP contribution in [0, 0.1) is 0 Å². The normalized spacial score (nSPS) is 26.4. The van der Waals surface area contributed by atoms with Crippen LogP contribution in [-0.4, -0.2) is 34.4 Å². The molecule has 0 spiro atoms. The Morgan fingerprint density at radius 1 is 1.50 bits per heavy atom. The zero-order valence-electron chi connectivity index (χ0n) is 8.02. The highest BCUT2D eigenvalue weighted by Gasteiger charge is 2.22. The summed E-state index contributed by atoms with van der Waals surface area (Å²) in [5.41, 5.74) is 0.188. The molecular formula is C10H14N2O2. The summed E-state index contributed by atoms with van der Waals surface area (Å²) in [6, 6.07) is 0. The molecule has 1 atom stereocenters. The topological polar surface area (TPSA) is 52.9 Å². The van der Waals surface area contributed by atoms with E-state index in [2.05, 4.69) is 9.89 Å². The Morgan fingerprint density at radius 3 is 3.14 bits per heavy atom. The van der Waals surface area contributed by atoms with Crippen molar-refractivity contribution in [2.75, 3.05) is 6.54 Å². The van der Waals surface area contributed by atoms with Gasteiger partial charge in [0.1, 0.15) is 11.9 Å². The lowest BCUT2D eigenvalue weighted by Gasteiger charge is -2.28. The number of fused-ring (bicyclic) bond motifs is 1. The average molecular weight is 194 g/mol. The number of hydrogen-bond donors (Lipinski definition) is 1. The summed E-state index contributed by atoms with van der Waals surface area (Å²) in [6.45, 7) is 0.998. The van der Waals surface area contributed by atoms with Gasteiger partial charge in [-0.1, -0.05) is 6.42 Å². The Balaban J connectivity index is 2.15. The quantitative estimate of drug-likeness (QED) is 0.683. The highest BCUT2D eigenvalue weighted by atomic mass is 16.4. The summed E-state index contributed by atoms with van der Waals surface area (Å²) in [4.78, 5) is 17.1. The van der Waals surface area contributed by atoms with Crippen molar-refractivity contribution in [2.45, 2.75) is 31.8 Å². The molecule has 0 bridgehead atoms. The molecule has 1 saturated heterocycles. The van der Waals surface area contributed by atoms with E-state index in [1.54, 1.807) is 6.08 Å². The molecule has 0 amide bonds. The first-order chi connectivity index (χ1) is 6.77. The first-order valence-corrected chi connectivity index (χ1v) is 5.02. The third-order valence-corrected chi connectivity index (χ3v) is 2.69. The lowest BCUT2D eigenvalue weighted by Crippen LogP contribution is -2.33. The van der Waals surface area contributed by atoms with Crippen molar-refractivity contribution in [3.63, 3.8) is 0 Å². The first kappa shape index (κ1) is 9.24. The summed E-state index contributed by atoms with van der Waals surface area (Å²) < 4.78 is 0. The van der Waals surface area contributed by atoms with Gasteiger partial charge in [0.05, 0.1) is 0 Å². The van der Waals surface area contributed by atoms with Crippen LogP contribution < -0.4 is 0 Å². The second-order valence-corrected chi connectivity index (χ2v) is 3.70. The summed E-state index contributed by atoms with van der Waals surface area (Å²) >= 11 is 0. The first-order valence-electron chi connectivity index (χ1n) is 5.02. The molecule has 0 radical (unpaired) electrons. The number of aliphatic imine (C=N–C) groups is 1. The van der Waals surface area contributed by atoms with E-state index in [-0.39, 0.29) is 11.9 Å². The Hall–Kier alpha value is -1.32. The van der Waals surface area contributed by atoms with Crippen molar-refractivity contribution in [1.29, 1.82) is 0 Å². The summed E-state index contributed by atoms with van der Waals surface area (Å²) in [5.74, 6) is -0.926. The Labute approximate surface area is 82.9 Å². The van der Waals surface area contributed by atoms with Gasteiger partial charge in [-0.25, -0.2) is 4.79 Å². The van der Waals surface area contributed by atoms with Gasteiger partial charge in [-0.2, -0.15) is 0 Å². The van der Waals surface area contributed by atoms with Crippen molar-refractivity contribution in [3.8, 4) is 0 Å². The van der Waals surface area contributed by atoms with Gasteiger partial charge < -0.3 is 10.0 Å². The number of carboxylic acids is 1. The summed E-state index contributed by atoms with van der Waals surface area (Å²) in [7, 11) is 0. The van der Waals surface area contributed by atoms with E-state index in [1.807, 2.05) is 6.20 Å². The van der Waals surface area contributed by atoms with Crippen molar-refractivity contribution in [3.05, 3.63) is 12.3 Å². The largest absolute Gasteiger partial charge is 0.477 e. The molecule has 0 aliphatic carbocycles. The van der Waals surface area contributed by atoms with Gasteiger partial charge in [0.2, 0.25) is 0 Å². The van der Waals surface area contributed by atoms with Crippen molar-refractivity contribution >= 4 is 11.7 Å². The molecule has 2 aliphatic rings. The SMILES string of the molecule is O=C(O)C1=NC2CCCCCN2C=C1. The molecule has 1 N–H and O–H groups in total. The Morgan fingerprint density at radius 2 is 2.36 bits per heavy atom. The maximum absolute atomic E-state index is 10.7. The molecule has 76 valence electrons. The van der Waals surface area contributed by atoms with E-state index in [1.165, 1.54) is 12.8 Å². The van der Waals surface area contributed by atoms with Crippen LogP contribution >= 0.6 is 0 Å². The molecule has 2 rings (SSSR count). The standard InChI is InChI=1S/C10H14N2O2/c13-10(14)8-5-7-12-6-3-1-2-4-9(12)11-8/h5,7,9H,1-4,6H2,(H,13,14). The van der Waals surface area contributed by atoms with Gasteiger partial charge in [0.25, 0.3) is 0 Å². The molecular weight excluding hydrogens is 180 g/mol. The maximum atomic E-state index is 10.7.